The van der Waals surface area contributed by atoms with Crippen LogP contribution in [0.4, 0.5) is 10.5 Å². The number of amides is 3. The summed E-state index contributed by atoms with van der Waals surface area (Å²) in [4.78, 5) is 35.4. The van der Waals surface area contributed by atoms with E-state index in [1.54, 1.807) is 26.8 Å². The van der Waals surface area contributed by atoms with Crippen molar-refractivity contribution in [1.82, 2.24) is 10.6 Å². The van der Waals surface area contributed by atoms with E-state index in [9.17, 15) is 14.4 Å². The van der Waals surface area contributed by atoms with E-state index >= 15 is 0 Å². The highest BCUT2D eigenvalue weighted by Crippen LogP contribution is 2.35. The molecular weight excluding hydrogens is 370 g/mol. The molecule has 0 aromatic heterocycles. The number of anilines is 1. The molecule has 7 nitrogen and oxygen atoms in total. The van der Waals surface area contributed by atoms with E-state index in [4.69, 9.17) is 4.74 Å². The van der Waals surface area contributed by atoms with E-state index in [1.807, 2.05) is 31.2 Å². The number of rotatable bonds is 8. The van der Waals surface area contributed by atoms with Crippen LogP contribution in [0.3, 0.4) is 0 Å². The van der Waals surface area contributed by atoms with E-state index in [-0.39, 0.29) is 24.8 Å². The van der Waals surface area contributed by atoms with Gasteiger partial charge in [0.15, 0.2) is 0 Å². The fourth-order valence-electron chi connectivity index (χ4n) is 2.63. The second-order valence-corrected chi connectivity index (χ2v) is 8.30. The summed E-state index contributed by atoms with van der Waals surface area (Å²) in [7, 11) is 0. The summed E-state index contributed by atoms with van der Waals surface area (Å²) in [6, 6.07) is 7.33. The number of alkyl carbamates (subject to hydrolysis) is 1. The molecule has 0 aliphatic heterocycles. The van der Waals surface area contributed by atoms with Gasteiger partial charge >= 0.3 is 6.09 Å². The SMILES string of the molecule is C/C(=C\C(=O)Nc1ccc(CNC(=O)CCNC(=O)OC(C)(C)C)cc1)C1CC1. The molecule has 0 radical (unpaired) electrons. The number of hydrogen-bond acceptors (Lipinski definition) is 4. The minimum atomic E-state index is -0.565. The highest BCUT2D eigenvalue weighted by atomic mass is 16.6. The van der Waals surface area contributed by atoms with Crippen molar-refractivity contribution in [2.45, 2.75) is 59.1 Å². The molecule has 2 rings (SSSR count). The van der Waals surface area contributed by atoms with Crippen molar-refractivity contribution in [2.24, 2.45) is 5.92 Å². The highest BCUT2D eigenvalue weighted by molar-refractivity contribution is 5.99. The van der Waals surface area contributed by atoms with Gasteiger partial charge in [0.05, 0.1) is 0 Å². The zero-order valence-corrected chi connectivity index (χ0v) is 17.6. The molecule has 158 valence electrons. The van der Waals surface area contributed by atoms with Gasteiger partial charge in [-0.25, -0.2) is 4.79 Å². The fourth-order valence-corrected chi connectivity index (χ4v) is 2.63. The molecule has 0 spiro atoms. The molecule has 1 aromatic carbocycles. The van der Waals surface area contributed by atoms with Crippen LogP contribution in [0.25, 0.3) is 0 Å². The van der Waals surface area contributed by atoms with E-state index in [0.717, 1.165) is 11.1 Å². The molecule has 3 N–H and O–H groups in total. The van der Waals surface area contributed by atoms with E-state index in [1.165, 1.54) is 12.8 Å². The lowest BCUT2D eigenvalue weighted by Crippen LogP contribution is -2.35. The summed E-state index contributed by atoms with van der Waals surface area (Å²) in [6.07, 6.45) is 3.64. The van der Waals surface area contributed by atoms with Crippen molar-refractivity contribution in [3.63, 3.8) is 0 Å². The molecule has 1 aromatic rings. The van der Waals surface area contributed by atoms with Crippen molar-refractivity contribution in [2.75, 3.05) is 11.9 Å². The second-order valence-electron chi connectivity index (χ2n) is 8.30. The van der Waals surface area contributed by atoms with Crippen LogP contribution in [0.5, 0.6) is 0 Å². The van der Waals surface area contributed by atoms with Crippen LogP contribution in [-0.2, 0) is 20.9 Å². The first kappa shape index (κ1) is 22.5. The summed E-state index contributed by atoms with van der Waals surface area (Å²) in [5, 5.41) is 8.20. The minimum Gasteiger partial charge on any atom is -0.444 e. The maximum Gasteiger partial charge on any atom is 0.407 e. The third kappa shape index (κ3) is 9.27. The Bertz CT molecular complexity index is 759. The molecule has 1 saturated carbocycles. The average Bonchev–Trinajstić information content (AvgIpc) is 3.44. The number of ether oxygens (including phenoxy) is 1. The molecule has 0 saturated heterocycles. The summed E-state index contributed by atoms with van der Waals surface area (Å²) in [5.74, 6) is 0.290. The van der Waals surface area contributed by atoms with Crippen LogP contribution in [0.15, 0.2) is 35.9 Å². The van der Waals surface area contributed by atoms with Gasteiger partial charge in [-0.2, -0.15) is 0 Å². The summed E-state index contributed by atoms with van der Waals surface area (Å²) in [5.41, 5.74) is 2.19. The van der Waals surface area contributed by atoms with Gasteiger partial charge in [0, 0.05) is 31.3 Å². The number of allylic oxidation sites excluding steroid dienone is 1. The maximum atomic E-state index is 12.0. The molecule has 1 aliphatic rings. The van der Waals surface area contributed by atoms with E-state index in [0.29, 0.717) is 18.2 Å². The molecule has 0 bridgehead atoms. The number of carbonyl (C=O) groups excluding carboxylic acids is 3. The van der Waals surface area contributed by atoms with Crippen molar-refractivity contribution in [3.8, 4) is 0 Å². The molecule has 3 amide bonds. The quantitative estimate of drug-likeness (QED) is 0.581. The second kappa shape index (κ2) is 10.1. The zero-order valence-electron chi connectivity index (χ0n) is 17.6. The number of hydrogen-bond donors (Lipinski definition) is 3. The largest absolute Gasteiger partial charge is 0.444 e. The van der Waals surface area contributed by atoms with Gasteiger partial charge < -0.3 is 20.7 Å². The molecule has 0 heterocycles. The first-order valence-electron chi connectivity index (χ1n) is 9.94. The Balaban J connectivity index is 1.67. The van der Waals surface area contributed by atoms with Crippen molar-refractivity contribution in [3.05, 3.63) is 41.5 Å². The van der Waals surface area contributed by atoms with Gasteiger partial charge in [0.2, 0.25) is 11.8 Å². The van der Waals surface area contributed by atoms with Gasteiger partial charge in [-0.15, -0.1) is 0 Å². The topological polar surface area (TPSA) is 96.5 Å². The lowest BCUT2D eigenvalue weighted by atomic mass is 10.1. The van der Waals surface area contributed by atoms with Crippen LogP contribution < -0.4 is 16.0 Å². The predicted octanol–water partition coefficient (Wildman–Crippen LogP) is 3.51. The lowest BCUT2D eigenvalue weighted by Gasteiger charge is -2.19. The third-order valence-corrected chi connectivity index (χ3v) is 4.31. The van der Waals surface area contributed by atoms with Crippen molar-refractivity contribution >= 4 is 23.6 Å². The Hall–Kier alpha value is -2.83. The Kier molecular flexibility index (Phi) is 7.82. The highest BCUT2D eigenvalue weighted by Gasteiger charge is 2.23. The monoisotopic (exact) mass is 401 g/mol. The van der Waals surface area contributed by atoms with Crippen LogP contribution in [-0.4, -0.2) is 30.1 Å². The van der Waals surface area contributed by atoms with Crippen LogP contribution in [0.2, 0.25) is 0 Å². The average molecular weight is 402 g/mol. The normalized spacial score (nSPS) is 14.1. The molecule has 0 unspecified atom stereocenters. The molecule has 1 aliphatic carbocycles. The smallest absolute Gasteiger partial charge is 0.407 e. The van der Waals surface area contributed by atoms with Gasteiger partial charge in [-0.1, -0.05) is 17.7 Å². The Morgan fingerprint density at radius 2 is 1.76 bits per heavy atom. The predicted molar refractivity (Wildman–Crippen MR) is 112 cm³/mol. The Labute approximate surface area is 172 Å². The van der Waals surface area contributed by atoms with Gasteiger partial charge in [0.25, 0.3) is 0 Å². The van der Waals surface area contributed by atoms with Crippen LogP contribution in [0, 0.1) is 5.92 Å². The minimum absolute atomic E-state index is 0.118. The van der Waals surface area contributed by atoms with Gasteiger partial charge in [-0.3, -0.25) is 9.59 Å². The fraction of sp³-hybridized carbons (Fsp3) is 0.500. The van der Waals surface area contributed by atoms with E-state index in [2.05, 4.69) is 16.0 Å². The first-order chi connectivity index (χ1) is 13.6. The number of benzene rings is 1. The summed E-state index contributed by atoms with van der Waals surface area (Å²) >= 11 is 0. The van der Waals surface area contributed by atoms with E-state index < -0.39 is 11.7 Å². The molecule has 1 fully saturated rings. The molecule has 7 heteroatoms. The van der Waals surface area contributed by atoms with Crippen molar-refractivity contribution < 1.29 is 19.1 Å². The van der Waals surface area contributed by atoms with Gasteiger partial charge in [-0.05, 0) is 64.2 Å². The molecular formula is C22H31N3O4. The van der Waals surface area contributed by atoms with Crippen LogP contribution in [0.1, 0.15) is 52.5 Å². The number of carbonyl (C=O) groups is 3. The Morgan fingerprint density at radius 1 is 1.10 bits per heavy atom. The van der Waals surface area contributed by atoms with Gasteiger partial charge in [0.1, 0.15) is 5.60 Å². The summed E-state index contributed by atoms with van der Waals surface area (Å²) < 4.78 is 5.11. The third-order valence-electron chi connectivity index (χ3n) is 4.31. The van der Waals surface area contributed by atoms with Crippen molar-refractivity contribution in [1.29, 1.82) is 0 Å². The number of nitrogens with one attached hydrogen (secondary N) is 3. The summed E-state index contributed by atoms with van der Waals surface area (Å²) in [6.45, 7) is 7.91. The standard InChI is InChI=1S/C22H31N3O4/c1-15(17-7-8-17)13-20(27)25-18-9-5-16(6-10-18)14-24-19(26)11-12-23-21(28)29-22(2,3)4/h5-6,9-10,13,17H,7-8,11-12,14H2,1-4H3,(H,23,28)(H,24,26)(H,25,27)/b15-13+. The maximum absolute atomic E-state index is 12.0. The first-order valence-corrected chi connectivity index (χ1v) is 9.94. The Morgan fingerprint density at radius 3 is 2.34 bits per heavy atom. The zero-order chi connectivity index (χ0) is 21.4. The molecule has 0 atom stereocenters. The molecule has 29 heavy (non-hydrogen) atoms. The van der Waals surface area contributed by atoms with Crippen LogP contribution >= 0.6 is 0 Å². The lowest BCUT2D eigenvalue weighted by molar-refractivity contribution is -0.121.